The van der Waals surface area contributed by atoms with Gasteiger partial charge in [-0.3, -0.25) is 0 Å². The third-order valence-electron chi connectivity index (χ3n) is 3.43. The highest BCUT2D eigenvalue weighted by atomic mass is 35.5. The number of aryl methyl sites for hydroxylation is 1. The Bertz CT molecular complexity index is 713. The quantitative estimate of drug-likeness (QED) is 0.752. The van der Waals surface area contributed by atoms with Crippen molar-refractivity contribution in [1.82, 2.24) is 0 Å². The van der Waals surface area contributed by atoms with E-state index in [2.05, 4.69) is 4.74 Å². The van der Waals surface area contributed by atoms with E-state index in [1.165, 1.54) is 12.1 Å². The fraction of sp³-hybridized carbons (Fsp3) is 0.250. The van der Waals surface area contributed by atoms with Crippen LogP contribution >= 0.6 is 11.6 Å². The molecule has 0 N–H and O–H groups in total. The molecule has 0 saturated heterocycles. The molecule has 0 amide bonds. The van der Waals surface area contributed by atoms with Crippen LogP contribution in [0.15, 0.2) is 36.4 Å². The van der Waals surface area contributed by atoms with Gasteiger partial charge in [-0.05, 0) is 18.6 Å². The van der Waals surface area contributed by atoms with E-state index >= 15 is 0 Å². The smallest absolute Gasteiger partial charge is 0.485 e. The molecule has 22 heavy (non-hydrogen) atoms. The molecule has 6 heteroatoms. The maximum Gasteiger partial charge on any atom is 0.573 e. The summed E-state index contributed by atoms with van der Waals surface area (Å²) in [5.74, 6) is 0.0902. The summed E-state index contributed by atoms with van der Waals surface area (Å²) in [6.07, 6.45) is -4.52. The Kier molecular flexibility index (Phi) is 3.68. The minimum absolute atomic E-state index is 0.124. The first-order valence-electron chi connectivity index (χ1n) is 6.63. The Balaban J connectivity index is 1.87. The lowest BCUT2D eigenvalue weighted by atomic mass is 10.0. The third-order valence-corrected chi connectivity index (χ3v) is 3.72. The lowest BCUT2D eigenvalue weighted by molar-refractivity contribution is -0.274. The maximum atomic E-state index is 12.3. The van der Waals surface area contributed by atoms with E-state index in [-0.39, 0.29) is 11.1 Å². The minimum Gasteiger partial charge on any atom is -0.485 e. The number of ether oxygens (including phenoxy) is 2. The molecule has 0 aromatic heterocycles. The first-order valence-corrected chi connectivity index (χ1v) is 7.01. The predicted octanol–water partition coefficient (Wildman–Crippen LogP) is 5.22. The second-order valence-corrected chi connectivity index (χ2v) is 5.57. The van der Waals surface area contributed by atoms with Crippen molar-refractivity contribution in [3.05, 3.63) is 58.1 Å². The molecule has 0 spiro atoms. The zero-order valence-corrected chi connectivity index (χ0v) is 12.3. The lowest BCUT2D eigenvalue weighted by Crippen LogP contribution is -2.17. The molecule has 0 bridgehead atoms. The number of hydrogen-bond acceptors (Lipinski definition) is 2. The molecule has 0 aliphatic carbocycles. The van der Waals surface area contributed by atoms with Crippen LogP contribution in [0.3, 0.4) is 0 Å². The second-order valence-electron chi connectivity index (χ2n) is 5.16. The Morgan fingerprint density at radius 1 is 1.23 bits per heavy atom. The summed E-state index contributed by atoms with van der Waals surface area (Å²) in [5, 5.41) is -0.124. The highest BCUT2D eigenvalue weighted by Crippen LogP contribution is 2.43. The molecule has 116 valence electrons. The zero-order chi connectivity index (χ0) is 15.9. The molecule has 1 atom stereocenters. The zero-order valence-electron chi connectivity index (χ0n) is 11.6. The summed E-state index contributed by atoms with van der Waals surface area (Å²) >= 11 is 5.83. The molecule has 1 aliphatic heterocycles. The van der Waals surface area contributed by atoms with Gasteiger partial charge in [0.1, 0.15) is 17.6 Å². The van der Waals surface area contributed by atoms with E-state index in [1.54, 1.807) is 0 Å². The normalized spacial score (nSPS) is 17.0. The molecule has 1 unspecified atom stereocenters. The van der Waals surface area contributed by atoms with Crippen molar-refractivity contribution >= 4 is 11.6 Å². The number of halogens is 4. The largest absolute Gasteiger partial charge is 0.573 e. The van der Waals surface area contributed by atoms with Crippen molar-refractivity contribution < 1.29 is 22.6 Å². The van der Waals surface area contributed by atoms with Crippen molar-refractivity contribution in [2.75, 3.05) is 0 Å². The first kappa shape index (κ1) is 15.0. The highest BCUT2D eigenvalue weighted by Gasteiger charge is 2.34. The molecule has 1 heterocycles. The molecular formula is C16H12ClF3O2. The van der Waals surface area contributed by atoms with Crippen molar-refractivity contribution in [1.29, 1.82) is 0 Å². The Hall–Kier alpha value is -1.88. The van der Waals surface area contributed by atoms with E-state index in [0.29, 0.717) is 17.7 Å². The van der Waals surface area contributed by atoms with Gasteiger partial charge in [0.15, 0.2) is 0 Å². The highest BCUT2D eigenvalue weighted by molar-refractivity contribution is 6.32. The first-order chi connectivity index (χ1) is 10.3. The van der Waals surface area contributed by atoms with Crippen LogP contribution in [0.5, 0.6) is 11.5 Å². The van der Waals surface area contributed by atoms with E-state index in [0.717, 1.165) is 11.1 Å². The average Bonchev–Trinajstić information content (AvgIpc) is 2.80. The average molecular weight is 329 g/mol. The predicted molar refractivity (Wildman–Crippen MR) is 76.4 cm³/mol. The van der Waals surface area contributed by atoms with Crippen molar-refractivity contribution in [3.63, 3.8) is 0 Å². The Morgan fingerprint density at radius 2 is 2.00 bits per heavy atom. The Labute approximate surface area is 130 Å². The molecular weight excluding hydrogens is 317 g/mol. The number of benzene rings is 2. The van der Waals surface area contributed by atoms with E-state index in [9.17, 15) is 13.2 Å². The number of fused-ring (bicyclic) bond motifs is 1. The molecule has 3 rings (SSSR count). The van der Waals surface area contributed by atoms with Crippen LogP contribution in [0, 0.1) is 6.92 Å². The van der Waals surface area contributed by atoms with Crippen LogP contribution in [-0.2, 0) is 6.42 Å². The van der Waals surface area contributed by atoms with Gasteiger partial charge in [0.2, 0.25) is 0 Å². The summed E-state index contributed by atoms with van der Waals surface area (Å²) in [4.78, 5) is 0. The molecule has 2 aromatic carbocycles. The number of hydrogen-bond donors (Lipinski definition) is 0. The van der Waals surface area contributed by atoms with E-state index in [4.69, 9.17) is 16.3 Å². The summed E-state index contributed by atoms with van der Waals surface area (Å²) in [6, 6.07) is 10.5. The van der Waals surface area contributed by atoms with Crippen molar-refractivity contribution in [3.8, 4) is 11.5 Å². The van der Waals surface area contributed by atoms with Crippen LogP contribution in [-0.4, -0.2) is 6.36 Å². The third kappa shape index (κ3) is 3.14. The van der Waals surface area contributed by atoms with E-state index < -0.39 is 12.1 Å². The van der Waals surface area contributed by atoms with E-state index in [1.807, 2.05) is 31.2 Å². The Morgan fingerprint density at radius 3 is 2.68 bits per heavy atom. The molecule has 0 saturated carbocycles. The molecule has 1 aliphatic rings. The van der Waals surface area contributed by atoms with Crippen molar-refractivity contribution in [2.45, 2.75) is 25.8 Å². The fourth-order valence-corrected chi connectivity index (χ4v) is 2.69. The number of rotatable bonds is 2. The van der Waals surface area contributed by atoms with Gasteiger partial charge >= 0.3 is 6.36 Å². The number of alkyl halides is 3. The van der Waals surface area contributed by atoms with Gasteiger partial charge in [0, 0.05) is 18.1 Å². The van der Waals surface area contributed by atoms with Crippen molar-refractivity contribution in [2.24, 2.45) is 0 Å². The SMILES string of the molecule is Cc1cccc(C2Cc3cc(OC(F)(F)F)c(Cl)cc3O2)c1. The lowest BCUT2D eigenvalue weighted by Gasteiger charge is -2.12. The van der Waals surface area contributed by atoms with Crippen LogP contribution in [0.25, 0.3) is 0 Å². The molecule has 0 radical (unpaired) electrons. The van der Waals surface area contributed by atoms with Crippen LogP contribution in [0.4, 0.5) is 13.2 Å². The van der Waals surface area contributed by atoms with Crippen LogP contribution in [0.2, 0.25) is 5.02 Å². The summed E-state index contributed by atoms with van der Waals surface area (Å²) in [6.45, 7) is 1.97. The summed E-state index contributed by atoms with van der Waals surface area (Å²) in [5.41, 5.74) is 2.72. The monoisotopic (exact) mass is 328 g/mol. The molecule has 2 aromatic rings. The van der Waals surface area contributed by atoms with Gasteiger partial charge in [-0.2, -0.15) is 0 Å². The standard InChI is InChI=1S/C16H12ClF3O2/c1-9-3-2-4-10(5-9)13-6-11-7-15(22-16(18,19)20)12(17)8-14(11)21-13/h2-5,7-8,13H,6H2,1H3. The van der Waals surface area contributed by atoms with Crippen LogP contribution in [0.1, 0.15) is 22.8 Å². The summed E-state index contributed by atoms with van der Waals surface area (Å²) < 4.78 is 46.8. The van der Waals surface area contributed by atoms with Gasteiger partial charge in [0.25, 0.3) is 0 Å². The molecule has 0 fully saturated rings. The second kappa shape index (κ2) is 5.39. The summed E-state index contributed by atoms with van der Waals surface area (Å²) in [7, 11) is 0. The van der Waals surface area contributed by atoms with Gasteiger partial charge in [0.05, 0.1) is 5.02 Å². The van der Waals surface area contributed by atoms with Gasteiger partial charge in [-0.25, -0.2) is 0 Å². The van der Waals surface area contributed by atoms with Gasteiger partial charge in [-0.15, -0.1) is 13.2 Å². The molecule has 2 nitrogen and oxygen atoms in total. The topological polar surface area (TPSA) is 18.5 Å². The fourth-order valence-electron chi connectivity index (χ4n) is 2.50. The van der Waals surface area contributed by atoms with Crippen LogP contribution < -0.4 is 9.47 Å². The minimum atomic E-state index is -4.77. The maximum absolute atomic E-state index is 12.3. The van der Waals surface area contributed by atoms with Gasteiger partial charge < -0.3 is 9.47 Å². The van der Waals surface area contributed by atoms with Gasteiger partial charge in [-0.1, -0.05) is 41.4 Å².